The molecule has 3 N–H and O–H groups in total. The average Bonchev–Trinajstić information content (AvgIpc) is 3.37. The molecule has 0 radical (unpaired) electrons. The van der Waals surface area contributed by atoms with E-state index in [2.05, 4.69) is 23.8 Å². The number of benzene rings is 3. The van der Waals surface area contributed by atoms with Gasteiger partial charge >= 0.3 is 0 Å². The number of likely N-dealkylation sites (N-methyl/N-ethyl adjacent to an activating group) is 1. The number of aliphatic hydroxyl groups excluding tert-OH is 1. The van der Waals surface area contributed by atoms with Crippen LogP contribution in [-0.2, 0) is 10.2 Å². The van der Waals surface area contributed by atoms with E-state index in [1.54, 1.807) is 0 Å². The molecule has 1 aliphatic heterocycles. The van der Waals surface area contributed by atoms with Gasteiger partial charge in [-0.05, 0) is 49.5 Å². The van der Waals surface area contributed by atoms with Crippen LogP contribution in [0, 0.1) is 5.92 Å². The number of amides is 1. The summed E-state index contributed by atoms with van der Waals surface area (Å²) in [5, 5.41) is 10.8. The molecule has 0 spiro atoms. The van der Waals surface area contributed by atoms with Crippen molar-refractivity contribution in [1.82, 2.24) is 9.80 Å². The van der Waals surface area contributed by atoms with Crippen molar-refractivity contribution in [3.05, 3.63) is 108 Å². The number of carbonyl (C=O) groups is 1. The first-order valence-corrected chi connectivity index (χ1v) is 12.5. The first-order valence-electron chi connectivity index (χ1n) is 12.5. The van der Waals surface area contributed by atoms with Gasteiger partial charge in [0.25, 0.3) is 0 Å². The van der Waals surface area contributed by atoms with Gasteiger partial charge in [0.2, 0.25) is 5.91 Å². The zero-order valence-electron chi connectivity index (χ0n) is 20.8. The number of aliphatic hydroxyl groups is 1. The molecule has 1 fully saturated rings. The van der Waals surface area contributed by atoms with Gasteiger partial charge in [0, 0.05) is 25.7 Å². The maximum Gasteiger partial charge on any atom is 0.232 e. The van der Waals surface area contributed by atoms with Crippen LogP contribution in [0.2, 0.25) is 0 Å². The van der Waals surface area contributed by atoms with Crippen LogP contribution >= 0.6 is 0 Å². The number of likely N-dealkylation sites (tertiary alicyclic amines) is 1. The third kappa shape index (κ3) is 5.18. The zero-order chi connectivity index (χ0) is 24.8. The molecule has 0 aliphatic carbocycles. The van der Waals surface area contributed by atoms with Crippen molar-refractivity contribution in [2.45, 2.75) is 30.9 Å². The maximum absolute atomic E-state index is 13.2. The molecule has 5 nitrogen and oxygen atoms in total. The lowest BCUT2D eigenvalue weighted by Gasteiger charge is -2.38. The first-order chi connectivity index (χ1) is 16.9. The molecule has 0 bridgehead atoms. The molecule has 3 aromatic rings. The molecular formula is C30H37N3O2. The van der Waals surface area contributed by atoms with Gasteiger partial charge in [-0.25, -0.2) is 0 Å². The monoisotopic (exact) mass is 471 g/mol. The van der Waals surface area contributed by atoms with Crippen LogP contribution in [0.15, 0.2) is 91.0 Å². The minimum atomic E-state index is -0.861. The largest absolute Gasteiger partial charge is 0.387 e. The van der Waals surface area contributed by atoms with Gasteiger partial charge in [0.1, 0.15) is 5.41 Å². The number of nitrogens with two attached hydrogens (primary N) is 1. The molecule has 184 valence electrons. The van der Waals surface area contributed by atoms with Crippen LogP contribution in [0.3, 0.4) is 0 Å². The normalized spacial score (nSPS) is 18.5. The smallest absolute Gasteiger partial charge is 0.232 e. The fraction of sp³-hybridized carbons (Fsp3) is 0.367. The summed E-state index contributed by atoms with van der Waals surface area (Å²) in [4.78, 5) is 17.9. The molecule has 5 heteroatoms. The Hall–Kier alpha value is -2.99. The molecule has 3 aromatic carbocycles. The number of nitrogens with zero attached hydrogens (tertiary/aromatic N) is 2. The highest BCUT2D eigenvalue weighted by Crippen LogP contribution is 2.43. The molecule has 35 heavy (non-hydrogen) atoms. The van der Waals surface area contributed by atoms with Gasteiger partial charge in [-0.1, -0.05) is 91.0 Å². The summed E-state index contributed by atoms with van der Waals surface area (Å²) in [6, 6.07) is 29.8. The standard InChI is InChI=1S/C30H37N3O2/c1-23(28(34)24-12-6-3-7-13-24)32(2)20-21-33-19-18-27(22-33)30(29(31)35,25-14-8-4-9-15-25)26-16-10-5-11-17-26/h3-17,23,27-28,34H,18-22H2,1-2H3,(H2,31,35)/t23-,27?,28+/m1/s1. The Labute approximate surface area is 209 Å². The van der Waals surface area contributed by atoms with Crippen molar-refractivity contribution < 1.29 is 9.90 Å². The van der Waals surface area contributed by atoms with Gasteiger partial charge in [-0.2, -0.15) is 0 Å². The molecular weight excluding hydrogens is 434 g/mol. The second-order valence-corrected chi connectivity index (χ2v) is 9.77. The Balaban J connectivity index is 1.48. The van der Waals surface area contributed by atoms with Crippen LogP contribution in [0.5, 0.6) is 0 Å². The Kier molecular flexibility index (Phi) is 8.01. The molecule has 0 aromatic heterocycles. The van der Waals surface area contributed by atoms with E-state index in [1.165, 1.54) is 0 Å². The predicted molar refractivity (Wildman–Crippen MR) is 141 cm³/mol. The average molecular weight is 472 g/mol. The van der Waals surface area contributed by atoms with E-state index >= 15 is 0 Å². The minimum absolute atomic E-state index is 0.00542. The zero-order valence-corrected chi connectivity index (χ0v) is 20.8. The minimum Gasteiger partial charge on any atom is -0.387 e. The van der Waals surface area contributed by atoms with E-state index in [-0.39, 0.29) is 17.9 Å². The third-order valence-electron chi connectivity index (χ3n) is 7.79. The third-order valence-corrected chi connectivity index (χ3v) is 7.79. The fourth-order valence-corrected chi connectivity index (χ4v) is 5.59. The van der Waals surface area contributed by atoms with Crippen molar-refractivity contribution >= 4 is 5.91 Å². The highest BCUT2D eigenvalue weighted by molar-refractivity contribution is 5.91. The van der Waals surface area contributed by atoms with Gasteiger partial charge < -0.3 is 15.7 Å². The lowest BCUT2D eigenvalue weighted by atomic mass is 9.64. The lowest BCUT2D eigenvalue weighted by Crippen LogP contribution is -2.49. The summed E-state index contributed by atoms with van der Waals surface area (Å²) >= 11 is 0. The summed E-state index contributed by atoms with van der Waals surface area (Å²) in [6.45, 7) is 5.49. The van der Waals surface area contributed by atoms with Gasteiger partial charge in [0.15, 0.2) is 0 Å². The highest BCUT2D eigenvalue weighted by atomic mass is 16.3. The highest BCUT2D eigenvalue weighted by Gasteiger charge is 2.49. The van der Waals surface area contributed by atoms with Crippen molar-refractivity contribution in [2.24, 2.45) is 11.7 Å². The summed E-state index contributed by atoms with van der Waals surface area (Å²) in [6.07, 6.45) is 0.365. The molecule has 1 unspecified atom stereocenters. The van der Waals surface area contributed by atoms with Crippen molar-refractivity contribution in [1.29, 1.82) is 0 Å². The summed E-state index contributed by atoms with van der Waals surface area (Å²) in [5.74, 6) is -0.207. The van der Waals surface area contributed by atoms with E-state index in [0.29, 0.717) is 0 Å². The summed E-state index contributed by atoms with van der Waals surface area (Å²) in [5.41, 5.74) is 8.21. The fourth-order valence-electron chi connectivity index (χ4n) is 5.59. The van der Waals surface area contributed by atoms with Gasteiger partial charge in [-0.3, -0.25) is 9.69 Å². The van der Waals surface area contributed by atoms with Crippen molar-refractivity contribution in [3.63, 3.8) is 0 Å². The number of hydrogen-bond donors (Lipinski definition) is 2. The van der Waals surface area contributed by atoms with Crippen LogP contribution in [-0.4, -0.2) is 60.1 Å². The quantitative estimate of drug-likeness (QED) is 0.472. The lowest BCUT2D eigenvalue weighted by molar-refractivity contribution is -0.123. The second kappa shape index (κ2) is 11.2. The molecule has 1 saturated heterocycles. The van der Waals surface area contributed by atoms with Crippen LogP contribution in [0.25, 0.3) is 0 Å². The van der Waals surface area contributed by atoms with Gasteiger partial charge in [-0.15, -0.1) is 0 Å². The van der Waals surface area contributed by atoms with Crippen LogP contribution in [0.1, 0.15) is 36.1 Å². The summed E-state index contributed by atoms with van der Waals surface area (Å²) in [7, 11) is 2.06. The first kappa shape index (κ1) is 25.1. The molecule has 0 saturated carbocycles. The molecule has 1 aliphatic rings. The van der Waals surface area contributed by atoms with E-state index in [4.69, 9.17) is 5.73 Å². The Morgan fingerprint density at radius 3 is 2.03 bits per heavy atom. The second-order valence-electron chi connectivity index (χ2n) is 9.77. The Bertz CT molecular complexity index is 1040. The van der Waals surface area contributed by atoms with E-state index < -0.39 is 11.5 Å². The van der Waals surface area contributed by atoms with E-state index in [1.807, 2.05) is 91.0 Å². The summed E-state index contributed by atoms with van der Waals surface area (Å²) < 4.78 is 0. The SMILES string of the molecule is C[C@H]([C@H](O)c1ccccc1)N(C)CCN1CCC(C(C(N)=O)(c2ccccc2)c2ccccc2)C1. The van der Waals surface area contributed by atoms with E-state index in [9.17, 15) is 9.90 Å². The topological polar surface area (TPSA) is 69.8 Å². The van der Waals surface area contributed by atoms with Crippen LogP contribution in [0.4, 0.5) is 0 Å². The van der Waals surface area contributed by atoms with E-state index in [0.717, 1.165) is 49.3 Å². The maximum atomic E-state index is 13.2. The predicted octanol–water partition coefficient (Wildman–Crippen LogP) is 3.83. The molecule has 4 rings (SSSR count). The number of hydrogen-bond acceptors (Lipinski definition) is 4. The number of carbonyl (C=O) groups excluding carboxylic acids is 1. The Morgan fingerprint density at radius 2 is 1.51 bits per heavy atom. The molecule has 1 amide bonds. The van der Waals surface area contributed by atoms with Gasteiger partial charge in [0.05, 0.1) is 6.10 Å². The van der Waals surface area contributed by atoms with Crippen molar-refractivity contribution in [3.8, 4) is 0 Å². The molecule has 3 atom stereocenters. The van der Waals surface area contributed by atoms with Crippen LogP contribution < -0.4 is 5.73 Å². The molecule has 1 heterocycles. The Morgan fingerprint density at radius 1 is 1.00 bits per heavy atom. The number of primary amides is 1. The number of rotatable bonds is 10. The van der Waals surface area contributed by atoms with Crippen molar-refractivity contribution in [2.75, 3.05) is 33.2 Å².